The van der Waals surface area contributed by atoms with E-state index in [1.54, 1.807) is 6.07 Å². The Bertz CT molecular complexity index is 436. The maximum Gasteiger partial charge on any atom is 0.251 e. The first-order valence-corrected chi connectivity index (χ1v) is 6.45. The highest BCUT2D eigenvalue weighted by Crippen LogP contribution is 2.18. The molecule has 0 saturated carbocycles. The molecule has 0 saturated heterocycles. The first kappa shape index (κ1) is 15.5. The molecular formula is C15H24N2O2. The molecule has 0 aliphatic heterocycles. The van der Waals surface area contributed by atoms with Crippen molar-refractivity contribution in [2.24, 2.45) is 5.41 Å². The molecule has 1 aromatic rings. The van der Waals surface area contributed by atoms with Gasteiger partial charge in [-0.05, 0) is 23.6 Å². The van der Waals surface area contributed by atoms with Gasteiger partial charge in [-0.15, -0.1) is 0 Å². The van der Waals surface area contributed by atoms with Crippen molar-refractivity contribution in [2.75, 3.05) is 25.5 Å². The molecule has 0 heterocycles. The number of amides is 1. The maximum atomic E-state index is 12.0. The number of anilines is 1. The predicted molar refractivity (Wildman–Crippen MR) is 78.6 cm³/mol. The van der Waals surface area contributed by atoms with Crippen molar-refractivity contribution in [3.8, 4) is 0 Å². The third-order valence-electron chi connectivity index (χ3n) is 3.08. The molecule has 1 aromatic carbocycles. The van der Waals surface area contributed by atoms with Gasteiger partial charge in [0.1, 0.15) is 0 Å². The molecule has 0 aromatic heterocycles. The van der Waals surface area contributed by atoms with Gasteiger partial charge in [0.05, 0.1) is 6.10 Å². The molecule has 1 unspecified atom stereocenters. The van der Waals surface area contributed by atoms with E-state index < -0.39 is 6.10 Å². The standard InChI is InChI=1S/C15H24N2O2/c1-15(2,3)13(18)10-16-14(19)11-7-6-8-12(9-11)17(4)5/h6-9,13,18H,10H2,1-5H3,(H,16,19). The second kappa shape index (κ2) is 6.06. The van der Waals surface area contributed by atoms with Crippen LogP contribution in [0.4, 0.5) is 5.69 Å². The topological polar surface area (TPSA) is 52.6 Å². The van der Waals surface area contributed by atoms with Crippen molar-refractivity contribution in [3.63, 3.8) is 0 Å². The molecule has 4 heteroatoms. The summed E-state index contributed by atoms with van der Waals surface area (Å²) in [7, 11) is 3.86. The van der Waals surface area contributed by atoms with Crippen LogP contribution < -0.4 is 10.2 Å². The van der Waals surface area contributed by atoms with Gasteiger partial charge in [0.15, 0.2) is 0 Å². The van der Waals surface area contributed by atoms with Crippen LogP contribution in [-0.4, -0.2) is 37.8 Å². The highest BCUT2D eigenvalue weighted by molar-refractivity contribution is 5.95. The quantitative estimate of drug-likeness (QED) is 0.873. The summed E-state index contributed by atoms with van der Waals surface area (Å²) < 4.78 is 0. The van der Waals surface area contributed by atoms with Gasteiger partial charge in [-0.25, -0.2) is 0 Å². The van der Waals surface area contributed by atoms with Crippen molar-refractivity contribution < 1.29 is 9.90 Å². The van der Waals surface area contributed by atoms with Gasteiger partial charge in [-0.2, -0.15) is 0 Å². The van der Waals surface area contributed by atoms with E-state index >= 15 is 0 Å². The molecule has 0 aliphatic carbocycles. The molecule has 2 N–H and O–H groups in total. The number of aliphatic hydroxyl groups is 1. The lowest BCUT2D eigenvalue weighted by atomic mass is 9.89. The lowest BCUT2D eigenvalue weighted by Crippen LogP contribution is -2.39. The summed E-state index contributed by atoms with van der Waals surface area (Å²) in [4.78, 5) is 14.0. The summed E-state index contributed by atoms with van der Waals surface area (Å²) in [6.45, 7) is 6.08. The second-order valence-electron chi connectivity index (χ2n) is 6.04. The van der Waals surface area contributed by atoms with Crippen LogP contribution in [0.3, 0.4) is 0 Å². The van der Waals surface area contributed by atoms with Crippen LogP contribution >= 0.6 is 0 Å². The van der Waals surface area contributed by atoms with E-state index in [1.165, 1.54) is 0 Å². The van der Waals surface area contributed by atoms with Crippen LogP contribution in [0.15, 0.2) is 24.3 Å². The van der Waals surface area contributed by atoms with Gasteiger partial charge >= 0.3 is 0 Å². The number of rotatable bonds is 4. The van der Waals surface area contributed by atoms with E-state index in [1.807, 2.05) is 58.0 Å². The van der Waals surface area contributed by atoms with Crippen LogP contribution in [0, 0.1) is 5.41 Å². The maximum absolute atomic E-state index is 12.0. The fourth-order valence-electron chi connectivity index (χ4n) is 1.52. The molecule has 0 fully saturated rings. The van der Waals surface area contributed by atoms with E-state index in [4.69, 9.17) is 0 Å². The third-order valence-corrected chi connectivity index (χ3v) is 3.08. The summed E-state index contributed by atoms with van der Waals surface area (Å²) in [5, 5.41) is 12.7. The zero-order chi connectivity index (χ0) is 14.6. The fourth-order valence-corrected chi connectivity index (χ4v) is 1.52. The highest BCUT2D eigenvalue weighted by Gasteiger charge is 2.22. The number of nitrogens with zero attached hydrogens (tertiary/aromatic N) is 1. The molecule has 1 amide bonds. The SMILES string of the molecule is CN(C)c1cccc(C(=O)NCC(O)C(C)(C)C)c1. The Balaban J connectivity index is 2.66. The molecule has 1 rings (SSSR count). The summed E-state index contributed by atoms with van der Waals surface area (Å²) in [5.41, 5.74) is 1.34. The minimum Gasteiger partial charge on any atom is -0.391 e. The Morgan fingerprint density at radius 1 is 1.37 bits per heavy atom. The average Bonchev–Trinajstić information content (AvgIpc) is 2.34. The smallest absolute Gasteiger partial charge is 0.251 e. The predicted octanol–water partition coefficient (Wildman–Crippen LogP) is 1.89. The number of aliphatic hydroxyl groups excluding tert-OH is 1. The zero-order valence-corrected chi connectivity index (χ0v) is 12.4. The van der Waals surface area contributed by atoms with Crippen LogP contribution in [0.2, 0.25) is 0 Å². The molecule has 0 radical (unpaired) electrons. The molecule has 4 nitrogen and oxygen atoms in total. The Labute approximate surface area is 115 Å². The Hall–Kier alpha value is -1.55. The number of hydrogen-bond donors (Lipinski definition) is 2. The van der Waals surface area contributed by atoms with Gasteiger partial charge in [0, 0.05) is 31.9 Å². The van der Waals surface area contributed by atoms with Crippen molar-refractivity contribution in [2.45, 2.75) is 26.9 Å². The Kier molecular flexibility index (Phi) is 4.95. The molecule has 106 valence electrons. The van der Waals surface area contributed by atoms with Gasteiger partial charge in [-0.1, -0.05) is 26.8 Å². The van der Waals surface area contributed by atoms with Gasteiger partial charge in [-0.3, -0.25) is 4.79 Å². The third kappa shape index (κ3) is 4.56. The normalized spacial score (nSPS) is 12.9. The summed E-state index contributed by atoms with van der Waals surface area (Å²) in [5.74, 6) is -0.160. The number of carbonyl (C=O) groups is 1. The molecule has 0 aliphatic rings. The largest absolute Gasteiger partial charge is 0.391 e. The summed E-state index contributed by atoms with van der Waals surface area (Å²) >= 11 is 0. The van der Waals surface area contributed by atoms with Crippen LogP contribution in [0.25, 0.3) is 0 Å². The monoisotopic (exact) mass is 264 g/mol. The average molecular weight is 264 g/mol. The minimum absolute atomic E-state index is 0.160. The van der Waals surface area contributed by atoms with Gasteiger partial charge in [0.25, 0.3) is 5.91 Å². The zero-order valence-electron chi connectivity index (χ0n) is 12.4. The molecule has 0 bridgehead atoms. The number of carbonyl (C=O) groups excluding carboxylic acids is 1. The van der Waals surface area contributed by atoms with Crippen molar-refractivity contribution in [1.82, 2.24) is 5.32 Å². The number of nitrogens with one attached hydrogen (secondary N) is 1. The Morgan fingerprint density at radius 3 is 2.53 bits per heavy atom. The lowest BCUT2D eigenvalue weighted by molar-refractivity contribution is 0.0587. The van der Waals surface area contributed by atoms with E-state index in [0.717, 1.165) is 5.69 Å². The molecule has 0 spiro atoms. The van der Waals surface area contributed by atoms with Crippen molar-refractivity contribution in [3.05, 3.63) is 29.8 Å². The van der Waals surface area contributed by atoms with Crippen LogP contribution in [0.1, 0.15) is 31.1 Å². The fraction of sp³-hybridized carbons (Fsp3) is 0.533. The van der Waals surface area contributed by atoms with Gasteiger partial charge < -0.3 is 15.3 Å². The summed E-state index contributed by atoms with van der Waals surface area (Å²) in [6, 6.07) is 7.40. The lowest BCUT2D eigenvalue weighted by Gasteiger charge is -2.26. The van der Waals surface area contributed by atoms with E-state index in [9.17, 15) is 9.90 Å². The van der Waals surface area contributed by atoms with Crippen molar-refractivity contribution in [1.29, 1.82) is 0 Å². The number of hydrogen-bond acceptors (Lipinski definition) is 3. The first-order chi connectivity index (χ1) is 8.71. The van der Waals surface area contributed by atoms with Crippen molar-refractivity contribution >= 4 is 11.6 Å². The molecule has 1 atom stereocenters. The molecule has 19 heavy (non-hydrogen) atoms. The molecular weight excluding hydrogens is 240 g/mol. The highest BCUT2D eigenvalue weighted by atomic mass is 16.3. The first-order valence-electron chi connectivity index (χ1n) is 6.45. The van der Waals surface area contributed by atoms with Crippen LogP contribution in [-0.2, 0) is 0 Å². The van der Waals surface area contributed by atoms with Gasteiger partial charge in [0.2, 0.25) is 0 Å². The Morgan fingerprint density at radius 2 is 2.00 bits per heavy atom. The van der Waals surface area contributed by atoms with E-state index in [-0.39, 0.29) is 17.9 Å². The summed E-state index contributed by atoms with van der Waals surface area (Å²) in [6.07, 6.45) is -0.562. The van der Waals surface area contributed by atoms with Crippen LogP contribution in [0.5, 0.6) is 0 Å². The number of benzene rings is 1. The minimum atomic E-state index is -0.562. The second-order valence-corrected chi connectivity index (χ2v) is 6.04. The van der Waals surface area contributed by atoms with E-state index in [2.05, 4.69) is 5.32 Å². The van der Waals surface area contributed by atoms with E-state index in [0.29, 0.717) is 5.56 Å².